The SMILES string of the molecule is CCNC(=NCCCOCC1CCOC1)NCCC(OCC)C1CCCC1. The molecule has 0 aromatic carbocycles. The molecule has 0 bridgehead atoms. The van der Waals surface area contributed by atoms with Gasteiger partial charge in [0.25, 0.3) is 0 Å². The molecule has 6 heteroatoms. The second kappa shape index (κ2) is 14.2. The maximum atomic E-state index is 6.01. The van der Waals surface area contributed by atoms with Gasteiger partial charge in [-0.1, -0.05) is 12.8 Å². The Morgan fingerprint density at radius 1 is 1.19 bits per heavy atom. The van der Waals surface area contributed by atoms with E-state index in [1.807, 2.05) is 0 Å². The van der Waals surface area contributed by atoms with Crippen LogP contribution in [-0.4, -0.2) is 64.7 Å². The molecule has 0 radical (unpaired) electrons. The Kier molecular flexibility index (Phi) is 11.8. The van der Waals surface area contributed by atoms with Crippen LogP contribution in [0.3, 0.4) is 0 Å². The summed E-state index contributed by atoms with van der Waals surface area (Å²) < 4.78 is 17.1. The van der Waals surface area contributed by atoms with Crippen molar-refractivity contribution in [3.8, 4) is 0 Å². The lowest BCUT2D eigenvalue weighted by Gasteiger charge is -2.24. The van der Waals surface area contributed by atoms with Gasteiger partial charge in [-0.15, -0.1) is 0 Å². The molecule has 1 aliphatic carbocycles. The Balaban J connectivity index is 1.60. The maximum Gasteiger partial charge on any atom is 0.191 e. The number of rotatable bonds is 13. The van der Waals surface area contributed by atoms with E-state index in [0.717, 1.165) is 83.8 Å². The highest BCUT2D eigenvalue weighted by molar-refractivity contribution is 5.79. The molecule has 1 heterocycles. The van der Waals surface area contributed by atoms with Crippen molar-refractivity contribution in [2.75, 3.05) is 52.7 Å². The van der Waals surface area contributed by atoms with E-state index in [-0.39, 0.29) is 0 Å². The monoisotopic (exact) mass is 383 g/mol. The van der Waals surface area contributed by atoms with E-state index in [2.05, 4.69) is 29.5 Å². The van der Waals surface area contributed by atoms with Crippen molar-refractivity contribution in [2.45, 2.75) is 64.9 Å². The Labute approximate surface area is 165 Å². The molecule has 0 amide bonds. The highest BCUT2D eigenvalue weighted by atomic mass is 16.5. The van der Waals surface area contributed by atoms with Crippen molar-refractivity contribution < 1.29 is 14.2 Å². The third-order valence-corrected chi connectivity index (χ3v) is 5.47. The lowest BCUT2D eigenvalue weighted by Crippen LogP contribution is -2.39. The molecule has 2 aliphatic rings. The minimum absolute atomic E-state index is 0.390. The summed E-state index contributed by atoms with van der Waals surface area (Å²) >= 11 is 0. The number of hydrogen-bond acceptors (Lipinski definition) is 4. The zero-order valence-electron chi connectivity index (χ0n) is 17.5. The first-order chi connectivity index (χ1) is 13.3. The number of aliphatic imine (C=N–C) groups is 1. The first-order valence-corrected chi connectivity index (χ1v) is 11.1. The van der Waals surface area contributed by atoms with Crippen molar-refractivity contribution >= 4 is 5.96 Å². The number of guanidine groups is 1. The molecule has 1 aliphatic heterocycles. The third-order valence-electron chi connectivity index (χ3n) is 5.47. The largest absolute Gasteiger partial charge is 0.381 e. The molecular formula is C21H41N3O3. The molecule has 0 spiro atoms. The van der Waals surface area contributed by atoms with Gasteiger partial charge in [0.1, 0.15) is 0 Å². The van der Waals surface area contributed by atoms with Gasteiger partial charge in [0.05, 0.1) is 19.3 Å². The van der Waals surface area contributed by atoms with Crippen LogP contribution in [0.15, 0.2) is 4.99 Å². The second-order valence-corrected chi connectivity index (χ2v) is 7.67. The quantitative estimate of drug-likeness (QED) is 0.291. The first kappa shape index (κ1) is 22.4. The molecule has 1 saturated heterocycles. The van der Waals surface area contributed by atoms with Gasteiger partial charge >= 0.3 is 0 Å². The Morgan fingerprint density at radius 3 is 2.74 bits per heavy atom. The summed E-state index contributed by atoms with van der Waals surface area (Å²) in [5, 5.41) is 6.80. The molecule has 158 valence electrons. The molecule has 2 unspecified atom stereocenters. The van der Waals surface area contributed by atoms with Gasteiger partial charge in [-0.3, -0.25) is 4.99 Å². The molecule has 0 aromatic heterocycles. The Hall–Kier alpha value is -0.850. The lowest BCUT2D eigenvalue weighted by molar-refractivity contribution is 0.0169. The third kappa shape index (κ3) is 9.26. The fourth-order valence-corrected chi connectivity index (χ4v) is 4.00. The molecule has 2 N–H and O–H groups in total. The summed E-state index contributed by atoms with van der Waals surface area (Å²) in [6.07, 6.45) is 8.90. The Morgan fingerprint density at radius 2 is 2.04 bits per heavy atom. The smallest absolute Gasteiger partial charge is 0.191 e. The van der Waals surface area contributed by atoms with E-state index in [9.17, 15) is 0 Å². The zero-order valence-corrected chi connectivity index (χ0v) is 17.5. The molecular weight excluding hydrogens is 342 g/mol. The van der Waals surface area contributed by atoms with Gasteiger partial charge in [0, 0.05) is 45.4 Å². The lowest BCUT2D eigenvalue weighted by atomic mass is 9.98. The van der Waals surface area contributed by atoms with Crippen molar-refractivity contribution in [1.82, 2.24) is 10.6 Å². The summed E-state index contributed by atoms with van der Waals surface area (Å²) in [6.45, 7) is 10.9. The topological polar surface area (TPSA) is 64.1 Å². The van der Waals surface area contributed by atoms with E-state index in [1.165, 1.54) is 25.7 Å². The average Bonchev–Trinajstić information content (AvgIpc) is 3.37. The second-order valence-electron chi connectivity index (χ2n) is 7.67. The summed E-state index contributed by atoms with van der Waals surface area (Å²) in [5.74, 6) is 2.24. The van der Waals surface area contributed by atoms with Crippen LogP contribution in [0.5, 0.6) is 0 Å². The van der Waals surface area contributed by atoms with E-state index in [0.29, 0.717) is 12.0 Å². The number of ether oxygens (including phenoxy) is 3. The van der Waals surface area contributed by atoms with E-state index in [1.54, 1.807) is 0 Å². The van der Waals surface area contributed by atoms with Gasteiger partial charge in [-0.05, 0) is 51.9 Å². The standard InChI is InChI=1S/C21H41N3O3/c1-3-22-21(23-12-7-14-25-16-18-11-15-26-17-18)24-13-10-20(27-4-2)19-8-5-6-9-19/h18-20H,3-17H2,1-2H3,(H2,22,23,24). The molecule has 6 nitrogen and oxygen atoms in total. The van der Waals surface area contributed by atoms with Gasteiger partial charge in [-0.25, -0.2) is 0 Å². The summed E-state index contributed by atoms with van der Waals surface area (Å²) in [7, 11) is 0. The van der Waals surface area contributed by atoms with Gasteiger partial charge < -0.3 is 24.8 Å². The van der Waals surface area contributed by atoms with Gasteiger partial charge in [-0.2, -0.15) is 0 Å². The number of nitrogens with zero attached hydrogens (tertiary/aromatic N) is 1. The molecule has 2 fully saturated rings. The normalized spacial score (nSPS) is 22.3. The van der Waals surface area contributed by atoms with E-state index >= 15 is 0 Å². The van der Waals surface area contributed by atoms with Crippen LogP contribution in [-0.2, 0) is 14.2 Å². The highest BCUT2D eigenvalue weighted by Gasteiger charge is 2.25. The average molecular weight is 384 g/mol. The van der Waals surface area contributed by atoms with Crippen LogP contribution in [0, 0.1) is 11.8 Å². The molecule has 2 rings (SSSR count). The zero-order chi connectivity index (χ0) is 19.2. The maximum absolute atomic E-state index is 6.01. The van der Waals surface area contributed by atoms with Crippen LogP contribution in [0.25, 0.3) is 0 Å². The summed E-state index contributed by atoms with van der Waals surface area (Å²) in [6, 6.07) is 0. The number of hydrogen-bond donors (Lipinski definition) is 2. The molecule has 27 heavy (non-hydrogen) atoms. The van der Waals surface area contributed by atoms with Crippen LogP contribution >= 0.6 is 0 Å². The van der Waals surface area contributed by atoms with Gasteiger partial charge in [0.2, 0.25) is 0 Å². The van der Waals surface area contributed by atoms with Gasteiger partial charge in [0.15, 0.2) is 5.96 Å². The van der Waals surface area contributed by atoms with Crippen molar-refractivity contribution in [3.63, 3.8) is 0 Å². The highest BCUT2D eigenvalue weighted by Crippen LogP contribution is 2.30. The number of nitrogens with one attached hydrogen (secondary N) is 2. The van der Waals surface area contributed by atoms with Crippen LogP contribution < -0.4 is 10.6 Å². The molecule has 0 aromatic rings. The van der Waals surface area contributed by atoms with Crippen LogP contribution in [0.4, 0.5) is 0 Å². The van der Waals surface area contributed by atoms with E-state index < -0.39 is 0 Å². The minimum atomic E-state index is 0.390. The fourth-order valence-electron chi connectivity index (χ4n) is 4.00. The first-order valence-electron chi connectivity index (χ1n) is 11.1. The van der Waals surface area contributed by atoms with Crippen molar-refractivity contribution in [3.05, 3.63) is 0 Å². The Bertz CT molecular complexity index is 394. The van der Waals surface area contributed by atoms with Crippen molar-refractivity contribution in [1.29, 1.82) is 0 Å². The predicted molar refractivity (Wildman–Crippen MR) is 110 cm³/mol. The molecule has 2 atom stereocenters. The minimum Gasteiger partial charge on any atom is -0.381 e. The van der Waals surface area contributed by atoms with Crippen LogP contribution in [0.1, 0.15) is 58.8 Å². The van der Waals surface area contributed by atoms with E-state index in [4.69, 9.17) is 14.2 Å². The van der Waals surface area contributed by atoms with Crippen LogP contribution in [0.2, 0.25) is 0 Å². The van der Waals surface area contributed by atoms with Crippen molar-refractivity contribution in [2.24, 2.45) is 16.8 Å². The predicted octanol–water partition coefficient (Wildman–Crippen LogP) is 2.97. The summed E-state index contributed by atoms with van der Waals surface area (Å²) in [4.78, 5) is 4.67. The fraction of sp³-hybridized carbons (Fsp3) is 0.952. The summed E-state index contributed by atoms with van der Waals surface area (Å²) in [5.41, 5.74) is 0. The molecule has 1 saturated carbocycles.